The Labute approximate surface area is 202 Å². The summed E-state index contributed by atoms with van der Waals surface area (Å²) in [5, 5.41) is 3.35. The van der Waals surface area contributed by atoms with E-state index < -0.39 is 0 Å². The first kappa shape index (κ1) is 22.2. The van der Waals surface area contributed by atoms with Gasteiger partial charge in [0, 0.05) is 24.3 Å². The molecule has 35 heavy (non-hydrogen) atoms. The van der Waals surface area contributed by atoms with Gasteiger partial charge in [0.1, 0.15) is 5.75 Å². The fourth-order valence-electron chi connectivity index (χ4n) is 4.06. The van der Waals surface area contributed by atoms with E-state index in [1.54, 1.807) is 31.4 Å². The van der Waals surface area contributed by atoms with Crippen LogP contribution in [0.2, 0.25) is 0 Å². The standard InChI is InChI=1S/C28H24N4O3/c1-35-23-14-12-21(13-15-23)30-26(33)16-17-31-19-29-27-24(28(31)34)18-25(20-8-4-2-5-9-20)32(27)22-10-6-3-7-11-22/h2-15,18-19H,16-17H2,1H3,(H,30,33). The Bertz CT molecular complexity index is 1520. The largest absolute Gasteiger partial charge is 0.497 e. The molecule has 0 radical (unpaired) electrons. The summed E-state index contributed by atoms with van der Waals surface area (Å²) in [6, 6.07) is 28.7. The molecule has 0 aliphatic heterocycles. The lowest BCUT2D eigenvalue weighted by atomic mass is 10.1. The fraction of sp³-hybridized carbons (Fsp3) is 0.107. The average Bonchev–Trinajstić information content (AvgIpc) is 3.30. The Balaban J connectivity index is 1.44. The summed E-state index contributed by atoms with van der Waals surface area (Å²) in [5.41, 5.74) is 3.86. The predicted molar refractivity (Wildman–Crippen MR) is 137 cm³/mol. The highest BCUT2D eigenvalue weighted by Crippen LogP contribution is 2.29. The van der Waals surface area contributed by atoms with Gasteiger partial charge in [-0.3, -0.25) is 18.7 Å². The zero-order chi connectivity index (χ0) is 24.2. The van der Waals surface area contributed by atoms with Crippen LogP contribution in [0, 0.1) is 0 Å². The number of hydrogen-bond acceptors (Lipinski definition) is 4. The minimum atomic E-state index is -0.186. The molecule has 2 heterocycles. The van der Waals surface area contributed by atoms with Crippen molar-refractivity contribution in [2.24, 2.45) is 0 Å². The molecular weight excluding hydrogens is 440 g/mol. The van der Waals surface area contributed by atoms with Gasteiger partial charge < -0.3 is 10.1 Å². The van der Waals surface area contributed by atoms with Crippen molar-refractivity contribution >= 4 is 22.6 Å². The van der Waals surface area contributed by atoms with Crippen LogP contribution in [0.1, 0.15) is 6.42 Å². The number of rotatable bonds is 7. The molecule has 7 nitrogen and oxygen atoms in total. The van der Waals surface area contributed by atoms with Crippen molar-refractivity contribution < 1.29 is 9.53 Å². The summed E-state index contributed by atoms with van der Waals surface area (Å²) in [5.74, 6) is 0.528. The summed E-state index contributed by atoms with van der Waals surface area (Å²) < 4.78 is 8.61. The van der Waals surface area contributed by atoms with Gasteiger partial charge >= 0.3 is 0 Å². The maximum atomic E-state index is 13.4. The molecular formula is C28H24N4O3. The van der Waals surface area contributed by atoms with E-state index in [1.165, 1.54) is 10.9 Å². The van der Waals surface area contributed by atoms with E-state index in [0.717, 1.165) is 16.9 Å². The summed E-state index contributed by atoms with van der Waals surface area (Å²) in [6.07, 6.45) is 1.66. The number of aromatic nitrogens is 3. The molecule has 0 aliphatic carbocycles. The third kappa shape index (κ3) is 4.56. The van der Waals surface area contributed by atoms with Gasteiger partial charge in [-0.05, 0) is 48.0 Å². The molecule has 3 aromatic carbocycles. The van der Waals surface area contributed by atoms with Gasteiger partial charge in [0.15, 0.2) is 5.65 Å². The Kier molecular flexibility index (Phi) is 6.13. The SMILES string of the molecule is COc1ccc(NC(=O)CCn2cnc3c(cc(-c4ccccc4)n3-c3ccccc3)c2=O)cc1. The number of amides is 1. The van der Waals surface area contributed by atoms with Crippen molar-refractivity contribution in [3.05, 3.63) is 108 Å². The number of nitrogens with zero attached hydrogens (tertiary/aromatic N) is 3. The van der Waals surface area contributed by atoms with Gasteiger partial charge in [0.05, 0.1) is 24.5 Å². The molecule has 0 aliphatic rings. The first-order chi connectivity index (χ1) is 17.1. The van der Waals surface area contributed by atoms with Crippen LogP contribution in [0.3, 0.4) is 0 Å². The van der Waals surface area contributed by atoms with E-state index in [1.807, 2.05) is 71.3 Å². The normalized spacial score (nSPS) is 10.9. The summed E-state index contributed by atoms with van der Waals surface area (Å²) in [7, 11) is 1.59. The van der Waals surface area contributed by atoms with E-state index in [-0.39, 0.29) is 24.4 Å². The average molecular weight is 465 g/mol. The smallest absolute Gasteiger partial charge is 0.262 e. The fourth-order valence-corrected chi connectivity index (χ4v) is 4.06. The minimum absolute atomic E-state index is 0.143. The molecule has 7 heteroatoms. The van der Waals surface area contributed by atoms with Gasteiger partial charge in [-0.25, -0.2) is 4.98 Å². The third-order valence-electron chi connectivity index (χ3n) is 5.82. The van der Waals surface area contributed by atoms with Crippen molar-refractivity contribution in [1.29, 1.82) is 0 Å². The highest BCUT2D eigenvalue weighted by atomic mass is 16.5. The Morgan fingerprint density at radius 1 is 0.943 bits per heavy atom. The number of hydrogen-bond donors (Lipinski definition) is 1. The number of benzene rings is 3. The lowest BCUT2D eigenvalue weighted by Gasteiger charge is -2.11. The lowest BCUT2D eigenvalue weighted by molar-refractivity contribution is -0.116. The third-order valence-corrected chi connectivity index (χ3v) is 5.82. The van der Waals surface area contributed by atoms with Crippen LogP contribution >= 0.6 is 0 Å². The van der Waals surface area contributed by atoms with Gasteiger partial charge in [0.2, 0.25) is 5.91 Å². The molecule has 5 rings (SSSR count). The van der Waals surface area contributed by atoms with Gasteiger partial charge in [-0.2, -0.15) is 0 Å². The maximum absolute atomic E-state index is 13.4. The molecule has 0 atom stereocenters. The Hall–Kier alpha value is -4.65. The Morgan fingerprint density at radius 2 is 1.63 bits per heavy atom. The number of fused-ring (bicyclic) bond motifs is 1. The summed E-state index contributed by atoms with van der Waals surface area (Å²) in [4.78, 5) is 30.4. The second-order valence-corrected chi connectivity index (χ2v) is 8.07. The second-order valence-electron chi connectivity index (χ2n) is 8.07. The van der Waals surface area contributed by atoms with Crippen molar-refractivity contribution in [1.82, 2.24) is 14.1 Å². The zero-order valence-electron chi connectivity index (χ0n) is 19.2. The minimum Gasteiger partial charge on any atom is -0.497 e. The van der Waals surface area contributed by atoms with Crippen LogP contribution in [-0.4, -0.2) is 27.1 Å². The van der Waals surface area contributed by atoms with Gasteiger partial charge in [0.25, 0.3) is 5.56 Å². The van der Waals surface area contributed by atoms with E-state index >= 15 is 0 Å². The van der Waals surface area contributed by atoms with Gasteiger partial charge in [-0.1, -0.05) is 48.5 Å². The van der Waals surface area contributed by atoms with Crippen LogP contribution in [0.25, 0.3) is 28.0 Å². The molecule has 1 N–H and O–H groups in total. The molecule has 0 fully saturated rings. The molecule has 1 amide bonds. The van der Waals surface area contributed by atoms with Crippen LogP contribution in [-0.2, 0) is 11.3 Å². The van der Waals surface area contributed by atoms with E-state index in [9.17, 15) is 9.59 Å². The molecule has 0 saturated carbocycles. The number of para-hydroxylation sites is 1. The monoisotopic (exact) mass is 464 g/mol. The van der Waals surface area contributed by atoms with Crippen LogP contribution < -0.4 is 15.6 Å². The number of ether oxygens (including phenoxy) is 1. The maximum Gasteiger partial charge on any atom is 0.262 e. The number of carbonyl (C=O) groups excluding carboxylic acids is 1. The Morgan fingerprint density at radius 3 is 2.31 bits per heavy atom. The number of anilines is 1. The van der Waals surface area contributed by atoms with Crippen LogP contribution in [0.4, 0.5) is 5.69 Å². The van der Waals surface area contributed by atoms with Crippen molar-refractivity contribution in [3.63, 3.8) is 0 Å². The van der Waals surface area contributed by atoms with E-state index in [4.69, 9.17) is 4.74 Å². The summed E-state index contributed by atoms with van der Waals surface area (Å²) in [6.45, 7) is 0.223. The molecule has 2 aromatic heterocycles. The van der Waals surface area contributed by atoms with Crippen LogP contribution in [0.15, 0.2) is 102 Å². The number of aryl methyl sites for hydroxylation is 1. The van der Waals surface area contributed by atoms with Crippen LogP contribution in [0.5, 0.6) is 5.75 Å². The highest BCUT2D eigenvalue weighted by molar-refractivity contribution is 5.90. The molecule has 0 spiro atoms. The predicted octanol–water partition coefficient (Wildman–Crippen LogP) is 4.89. The lowest BCUT2D eigenvalue weighted by Crippen LogP contribution is -2.23. The molecule has 0 saturated heterocycles. The molecule has 0 unspecified atom stereocenters. The van der Waals surface area contributed by atoms with E-state index in [2.05, 4.69) is 10.3 Å². The number of carbonyl (C=O) groups is 1. The van der Waals surface area contributed by atoms with Gasteiger partial charge in [-0.15, -0.1) is 0 Å². The first-order valence-electron chi connectivity index (χ1n) is 11.3. The highest BCUT2D eigenvalue weighted by Gasteiger charge is 2.17. The zero-order valence-corrected chi connectivity index (χ0v) is 19.2. The number of methoxy groups -OCH3 is 1. The molecule has 5 aromatic rings. The summed E-state index contributed by atoms with van der Waals surface area (Å²) >= 11 is 0. The quantitative estimate of drug-likeness (QED) is 0.372. The first-order valence-corrected chi connectivity index (χ1v) is 11.3. The second kappa shape index (κ2) is 9.69. The number of nitrogens with one attached hydrogen (secondary N) is 1. The van der Waals surface area contributed by atoms with Crippen molar-refractivity contribution in [3.8, 4) is 22.7 Å². The topological polar surface area (TPSA) is 78.2 Å². The van der Waals surface area contributed by atoms with Crippen molar-refractivity contribution in [2.45, 2.75) is 13.0 Å². The molecule has 0 bridgehead atoms. The van der Waals surface area contributed by atoms with Crippen molar-refractivity contribution in [2.75, 3.05) is 12.4 Å². The van der Waals surface area contributed by atoms with E-state index in [0.29, 0.717) is 22.5 Å². The molecule has 174 valence electrons.